The Kier molecular flexibility index (Phi) is 5.99. The van der Waals surface area contributed by atoms with Gasteiger partial charge in [0.15, 0.2) is 0 Å². The molecule has 0 bridgehead atoms. The van der Waals surface area contributed by atoms with Crippen LogP contribution in [0.15, 0.2) is 24.3 Å². The highest BCUT2D eigenvalue weighted by atomic mass is 19.1. The predicted molar refractivity (Wildman–Crippen MR) is 82.3 cm³/mol. The highest BCUT2D eigenvalue weighted by Gasteiger charge is 2.19. The second-order valence-electron chi connectivity index (χ2n) is 6.09. The van der Waals surface area contributed by atoms with E-state index in [9.17, 15) is 4.39 Å². The minimum absolute atomic E-state index is 0.0600. The third-order valence-corrected chi connectivity index (χ3v) is 4.42. The molecular formula is C17H27FN2. The number of nitrogens with one attached hydrogen (secondary N) is 1. The maximum absolute atomic E-state index is 13.9. The molecule has 0 aliphatic heterocycles. The van der Waals surface area contributed by atoms with Crippen molar-refractivity contribution >= 4 is 0 Å². The molecule has 112 valence electrons. The number of halogens is 1. The molecule has 20 heavy (non-hydrogen) atoms. The zero-order valence-electron chi connectivity index (χ0n) is 12.7. The molecule has 1 aliphatic carbocycles. The van der Waals surface area contributed by atoms with Gasteiger partial charge in [-0.05, 0) is 38.9 Å². The van der Waals surface area contributed by atoms with Crippen molar-refractivity contribution in [1.29, 1.82) is 0 Å². The molecule has 1 N–H and O–H groups in total. The van der Waals surface area contributed by atoms with E-state index in [2.05, 4.69) is 17.3 Å². The van der Waals surface area contributed by atoms with E-state index < -0.39 is 0 Å². The summed E-state index contributed by atoms with van der Waals surface area (Å²) in [5.74, 6) is 0.713. The fraction of sp³-hybridized carbons (Fsp3) is 0.647. The van der Waals surface area contributed by atoms with Crippen molar-refractivity contribution in [3.05, 3.63) is 35.6 Å². The quantitative estimate of drug-likeness (QED) is 0.855. The number of benzene rings is 1. The lowest BCUT2D eigenvalue weighted by molar-refractivity contribution is 0.217. The Labute approximate surface area is 122 Å². The lowest BCUT2D eigenvalue weighted by atomic mass is 9.89. The standard InChI is InChI=1S/C17H27FN2/c1-19-17(15-10-6-7-11-16(15)18)13-20(2)12-14-8-4-3-5-9-14/h6-7,10-11,14,17,19H,3-5,8-9,12-13H2,1-2H3. The van der Waals surface area contributed by atoms with Gasteiger partial charge in [0.25, 0.3) is 0 Å². The van der Waals surface area contributed by atoms with Crippen LogP contribution < -0.4 is 5.32 Å². The molecule has 2 rings (SSSR count). The van der Waals surface area contributed by atoms with Crippen LogP contribution in [0.1, 0.15) is 43.7 Å². The zero-order valence-corrected chi connectivity index (χ0v) is 12.7. The summed E-state index contributed by atoms with van der Waals surface area (Å²) in [7, 11) is 4.06. The fourth-order valence-corrected chi connectivity index (χ4v) is 3.30. The zero-order chi connectivity index (χ0) is 14.4. The van der Waals surface area contributed by atoms with E-state index in [4.69, 9.17) is 0 Å². The summed E-state index contributed by atoms with van der Waals surface area (Å²) in [6.07, 6.45) is 6.86. The normalized spacial score (nSPS) is 18.4. The smallest absolute Gasteiger partial charge is 0.128 e. The summed E-state index contributed by atoms with van der Waals surface area (Å²) in [6.45, 7) is 1.99. The summed E-state index contributed by atoms with van der Waals surface area (Å²) in [6, 6.07) is 7.14. The van der Waals surface area contributed by atoms with Crippen LogP contribution >= 0.6 is 0 Å². The second kappa shape index (κ2) is 7.75. The Balaban J connectivity index is 1.90. The van der Waals surface area contributed by atoms with Crippen LogP contribution in [-0.2, 0) is 0 Å². The van der Waals surface area contributed by atoms with Crippen molar-refractivity contribution in [3.63, 3.8) is 0 Å². The molecule has 2 nitrogen and oxygen atoms in total. The molecule has 0 heterocycles. The van der Waals surface area contributed by atoms with Crippen molar-refractivity contribution < 1.29 is 4.39 Å². The van der Waals surface area contributed by atoms with Gasteiger partial charge in [-0.15, -0.1) is 0 Å². The first-order valence-electron chi connectivity index (χ1n) is 7.81. The third-order valence-electron chi connectivity index (χ3n) is 4.42. The monoisotopic (exact) mass is 278 g/mol. The molecule has 1 aromatic carbocycles. The third kappa shape index (κ3) is 4.29. The van der Waals surface area contributed by atoms with Crippen LogP contribution in [0.3, 0.4) is 0 Å². The first-order chi connectivity index (χ1) is 9.70. The maximum Gasteiger partial charge on any atom is 0.128 e. The molecule has 3 heteroatoms. The number of rotatable bonds is 6. The molecule has 1 aromatic rings. The van der Waals surface area contributed by atoms with E-state index in [1.807, 2.05) is 19.2 Å². The first kappa shape index (κ1) is 15.5. The van der Waals surface area contributed by atoms with Gasteiger partial charge in [0, 0.05) is 24.7 Å². The number of hydrogen-bond donors (Lipinski definition) is 1. The molecule has 0 spiro atoms. The molecule has 1 aliphatic rings. The summed E-state index contributed by atoms with van der Waals surface area (Å²) in [4.78, 5) is 2.35. The van der Waals surface area contributed by atoms with E-state index >= 15 is 0 Å². The fourth-order valence-electron chi connectivity index (χ4n) is 3.30. The van der Waals surface area contributed by atoms with Crippen LogP contribution in [0.25, 0.3) is 0 Å². The maximum atomic E-state index is 13.9. The lowest BCUT2D eigenvalue weighted by Gasteiger charge is -2.29. The number of hydrogen-bond acceptors (Lipinski definition) is 2. The summed E-state index contributed by atoms with van der Waals surface area (Å²) >= 11 is 0. The van der Waals surface area contributed by atoms with Gasteiger partial charge in [-0.3, -0.25) is 0 Å². The van der Waals surface area contributed by atoms with Gasteiger partial charge < -0.3 is 10.2 Å². The number of likely N-dealkylation sites (N-methyl/N-ethyl adjacent to an activating group) is 2. The topological polar surface area (TPSA) is 15.3 Å². The minimum Gasteiger partial charge on any atom is -0.312 e. The average Bonchev–Trinajstić information content (AvgIpc) is 2.46. The Morgan fingerprint density at radius 3 is 2.60 bits per heavy atom. The van der Waals surface area contributed by atoms with Crippen molar-refractivity contribution in [1.82, 2.24) is 10.2 Å². The van der Waals surface area contributed by atoms with Crippen LogP contribution in [0.2, 0.25) is 0 Å². The minimum atomic E-state index is -0.113. The molecule has 0 saturated heterocycles. The van der Waals surface area contributed by atoms with E-state index in [0.29, 0.717) is 0 Å². The van der Waals surface area contributed by atoms with Gasteiger partial charge in [-0.25, -0.2) is 4.39 Å². The molecule has 0 radical (unpaired) electrons. The van der Waals surface area contributed by atoms with E-state index in [1.165, 1.54) is 32.1 Å². The van der Waals surface area contributed by atoms with E-state index in [0.717, 1.165) is 24.6 Å². The predicted octanol–water partition coefficient (Wildman–Crippen LogP) is 3.60. The molecule has 0 aromatic heterocycles. The Hall–Kier alpha value is -0.930. The van der Waals surface area contributed by atoms with Gasteiger partial charge in [0.05, 0.1) is 0 Å². The number of nitrogens with zero attached hydrogens (tertiary/aromatic N) is 1. The van der Waals surface area contributed by atoms with Gasteiger partial charge in [-0.1, -0.05) is 37.5 Å². The van der Waals surface area contributed by atoms with Crippen LogP contribution in [-0.4, -0.2) is 32.1 Å². The SMILES string of the molecule is CNC(CN(C)CC1CCCCC1)c1ccccc1F. The lowest BCUT2D eigenvalue weighted by Crippen LogP contribution is -2.35. The Bertz CT molecular complexity index is 402. The van der Waals surface area contributed by atoms with Crippen molar-refractivity contribution in [3.8, 4) is 0 Å². The van der Waals surface area contributed by atoms with Gasteiger partial charge in [0.1, 0.15) is 5.82 Å². The van der Waals surface area contributed by atoms with E-state index in [1.54, 1.807) is 12.1 Å². The molecule has 1 atom stereocenters. The summed E-state index contributed by atoms with van der Waals surface area (Å²) in [5, 5.41) is 3.25. The van der Waals surface area contributed by atoms with Crippen LogP contribution in [0.4, 0.5) is 4.39 Å². The molecule has 1 fully saturated rings. The largest absolute Gasteiger partial charge is 0.312 e. The molecule has 1 unspecified atom stereocenters. The summed E-state index contributed by atoms with van der Waals surface area (Å²) < 4.78 is 13.9. The molecule has 1 saturated carbocycles. The Morgan fingerprint density at radius 1 is 1.25 bits per heavy atom. The van der Waals surface area contributed by atoms with Crippen LogP contribution in [0.5, 0.6) is 0 Å². The van der Waals surface area contributed by atoms with E-state index in [-0.39, 0.29) is 11.9 Å². The molecule has 0 amide bonds. The highest BCUT2D eigenvalue weighted by molar-refractivity contribution is 5.21. The second-order valence-corrected chi connectivity index (χ2v) is 6.09. The van der Waals surface area contributed by atoms with Crippen molar-refractivity contribution in [2.45, 2.75) is 38.1 Å². The van der Waals surface area contributed by atoms with Gasteiger partial charge in [-0.2, -0.15) is 0 Å². The Morgan fingerprint density at radius 2 is 1.95 bits per heavy atom. The van der Waals surface area contributed by atoms with Crippen molar-refractivity contribution in [2.24, 2.45) is 5.92 Å². The van der Waals surface area contributed by atoms with Crippen molar-refractivity contribution in [2.75, 3.05) is 27.2 Å². The molecular weight excluding hydrogens is 251 g/mol. The van der Waals surface area contributed by atoms with Gasteiger partial charge in [0.2, 0.25) is 0 Å². The van der Waals surface area contributed by atoms with Gasteiger partial charge >= 0.3 is 0 Å². The van der Waals surface area contributed by atoms with Crippen LogP contribution in [0, 0.1) is 11.7 Å². The summed E-state index contributed by atoms with van der Waals surface area (Å²) in [5.41, 5.74) is 0.769. The highest BCUT2D eigenvalue weighted by Crippen LogP contribution is 2.25. The first-order valence-corrected chi connectivity index (χ1v) is 7.81. The average molecular weight is 278 g/mol.